The average molecular weight is 282 g/mol. The molecule has 19 heavy (non-hydrogen) atoms. The molecule has 0 fully saturated rings. The fourth-order valence-electron chi connectivity index (χ4n) is 2.47. The summed E-state index contributed by atoms with van der Waals surface area (Å²) < 4.78 is 1.63. The molecule has 0 bridgehead atoms. The lowest BCUT2D eigenvalue weighted by Gasteiger charge is -2.25. The Kier molecular flexibility index (Phi) is 4.20. The Labute approximate surface area is 118 Å². The van der Waals surface area contributed by atoms with Crippen LogP contribution in [0.1, 0.15) is 26.7 Å². The van der Waals surface area contributed by atoms with Crippen molar-refractivity contribution in [1.29, 1.82) is 0 Å². The highest BCUT2D eigenvalue weighted by atomic mass is 35.5. The van der Waals surface area contributed by atoms with Gasteiger partial charge in [-0.3, -0.25) is 4.57 Å². The van der Waals surface area contributed by atoms with Crippen LogP contribution >= 0.6 is 11.6 Å². The molecule has 0 aliphatic rings. The molecule has 0 saturated heterocycles. The minimum atomic E-state index is -0.105. The molecule has 1 aromatic carbocycles. The molecule has 0 unspecified atom stereocenters. The van der Waals surface area contributed by atoms with Crippen molar-refractivity contribution in [2.75, 3.05) is 18.0 Å². The Bertz CT molecular complexity index is 623. The molecule has 0 aliphatic carbocycles. The molecule has 1 N–H and O–H groups in total. The van der Waals surface area contributed by atoms with E-state index in [1.807, 2.05) is 12.1 Å². The highest BCUT2D eigenvalue weighted by Gasteiger charge is 2.17. The molecule has 0 aliphatic heterocycles. The summed E-state index contributed by atoms with van der Waals surface area (Å²) >= 11 is 6.38. The number of imidazole rings is 1. The number of aryl methyl sites for hydroxylation is 1. The molecule has 2 rings (SSSR count). The van der Waals surface area contributed by atoms with Gasteiger partial charge < -0.3 is 9.88 Å². The predicted molar refractivity (Wildman–Crippen MR) is 81.3 cm³/mol. The standard InChI is InChI=1S/C14H20ClN3O/c1-4-8-18(9-5-2)12-10(15)6-7-11-13(12)17(3)14(19)16-11/h6-7H,4-5,8-9H2,1-3H3,(H,16,19). The zero-order valence-corrected chi connectivity index (χ0v) is 12.4. The van der Waals surface area contributed by atoms with E-state index in [-0.39, 0.29) is 5.69 Å². The number of fused-ring (bicyclic) bond motifs is 1. The second-order valence-electron chi connectivity index (χ2n) is 4.77. The zero-order chi connectivity index (χ0) is 14.0. The maximum absolute atomic E-state index is 11.8. The summed E-state index contributed by atoms with van der Waals surface area (Å²) in [6, 6.07) is 3.71. The molecule has 0 radical (unpaired) electrons. The van der Waals surface area contributed by atoms with E-state index in [2.05, 4.69) is 23.7 Å². The first-order chi connectivity index (χ1) is 9.10. The fraction of sp³-hybridized carbons (Fsp3) is 0.500. The van der Waals surface area contributed by atoms with Gasteiger partial charge in [-0.2, -0.15) is 0 Å². The molecular weight excluding hydrogens is 262 g/mol. The highest BCUT2D eigenvalue weighted by Crippen LogP contribution is 2.33. The fourth-order valence-corrected chi connectivity index (χ4v) is 2.74. The van der Waals surface area contributed by atoms with Gasteiger partial charge in [0.1, 0.15) is 0 Å². The van der Waals surface area contributed by atoms with Gasteiger partial charge in [-0.05, 0) is 25.0 Å². The van der Waals surface area contributed by atoms with Crippen molar-refractivity contribution in [3.63, 3.8) is 0 Å². The summed E-state index contributed by atoms with van der Waals surface area (Å²) in [6.45, 7) is 6.16. The van der Waals surface area contributed by atoms with Crippen LogP contribution in [0.25, 0.3) is 11.0 Å². The van der Waals surface area contributed by atoms with Gasteiger partial charge in [0.05, 0.1) is 21.7 Å². The van der Waals surface area contributed by atoms with Gasteiger partial charge in [-0.25, -0.2) is 4.79 Å². The summed E-state index contributed by atoms with van der Waals surface area (Å²) in [7, 11) is 1.77. The summed E-state index contributed by atoms with van der Waals surface area (Å²) in [4.78, 5) is 16.9. The largest absolute Gasteiger partial charge is 0.369 e. The van der Waals surface area contributed by atoms with Crippen LogP contribution in [0, 0.1) is 0 Å². The second-order valence-corrected chi connectivity index (χ2v) is 5.18. The summed E-state index contributed by atoms with van der Waals surface area (Å²) in [5.74, 6) is 0. The van der Waals surface area contributed by atoms with Gasteiger partial charge in [0.2, 0.25) is 0 Å². The molecule has 1 heterocycles. The van der Waals surface area contributed by atoms with E-state index in [1.54, 1.807) is 11.6 Å². The molecule has 0 spiro atoms. The lowest BCUT2D eigenvalue weighted by Crippen LogP contribution is -2.26. The summed E-state index contributed by atoms with van der Waals surface area (Å²) in [6.07, 6.45) is 2.09. The molecular formula is C14H20ClN3O. The van der Waals surface area contributed by atoms with Crippen molar-refractivity contribution in [3.05, 3.63) is 27.6 Å². The first-order valence-corrected chi connectivity index (χ1v) is 7.10. The number of hydrogen-bond donors (Lipinski definition) is 1. The Balaban J connectivity index is 2.68. The van der Waals surface area contributed by atoms with Crippen molar-refractivity contribution in [1.82, 2.24) is 9.55 Å². The van der Waals surface area contributed by atoms with Crippen LogP contribution in [0.2, 0.25) is 5.02 Å². The molecule has 5 heteroatoms. The van der Waals surface area contributed by atoms with E-state index in [9.17, 15) is 4.79 Å². The number of nitrogens with one attached hydrogen (secondary N) is 1. The minimum Gasteiger partial charge on any atom is -0.369 e. The van der Waals surface area contributed by atoms with Gasteiger partial charge in [-0.15, -0.1) is 0 Å². The normalized spacial score (nSPS) is 11.2. The summed E-state index contributed by atoms with van der Waals surface area (Å²) in [5.41, 5.74) is 2.58. The van der Waals surface area contributed by atoms with Crippen LogP contribution in [0.4, 0.5) is 5.69 Å². The number of anilines is 1. The lowest BCUT2D eigenvalue weighted by molar-refractivity contribution is 0.744. The number of H-pyrrole nitrogens is 1. The lowest BCUT2D eigenvalue weighted by atomic mass is 10.2. The van der Waals surface area contributed by atoms with Gasteiger partial charge >= 0.3 is 5.69 Å². The number of halogens is 1. The van der Waals surface area contributed by atoms with Crippen molar-refractivity contribution in [3.8, 4) is 0 Å². The topological polar surface area (TPSA) is 41.0 Å². The van der Waals surface area contributed by atoms with Gasteiger partial charge in [0.25, 0.3) is 0 Å². The van der Waals surface area contributed by atoms with Crippen LogP contribution in [-0.4, -0.2) is 22.6 Å². The monoisotopic (exact) mass is 281 g/mol. The van der Waals surface area contributed by atoms with Crippen LogP contribution in [-0.2, 0) is 7.05 Å². The number of hydrogen-bond acceptors (Lipinski definition) is 2. The number of aromatic nitrogens is 2. The quantitative estimate of drug-likeness (QED) is 0.915. The SMILES string of the molecule is CCCN(CCC)c1c(Cl)ccc2[nH]c(=O)n(C)c12. The van der Waals surface area contributed by atoms with Gasteiger partial charge in [0.15, 0.2) is 0 Å². The predicted octanol–water partition coefficient (Wildman–Crippen LogP) is 3.15. The Morgan fingerprint density at radius 1 is 1.26 bits per heavy atom. The molecule has 0 atom stereocenters. The molecule has 0 amide bonds. The van der Waals surface area contributed by atoms with Crippen molar-refractivity contribution < 1.29 is 0 Å². The van der Waals surface area contributed by atoms with E-state index in [0.29, 0.717) is 5.02 Å². The van der Waals surface area contributed by atoms with Gasteiger partial charge in [0, 0.05) is 20.1 Å². The maximum Gasteiger partial charge on any atom is 0.326 e. The Hall–Kier alpha value is -1.42. The van der Waals surface area contributed by atoms with Crippen LogP contribution in [0.5, 0.6) is 0 Å². The second kappa shape index (κ2) is 5.70. The van der Waals surface area contributed by atoms with Crippen LogP contribution < -0.4 is 10.6 Å². The highest BCUT2D eigenvalue weighted by molar-refractivity contribution is 6.34. The molecule has 104 valence electrons. The Morgan fingerprint density at radius 3 is 2.47 bits per heavy atom. The Morgan fingerprint density at radius 2 is 1.89 bits per heavy atom. The van der Waals surface area contributed by atoms with E-state index in [4.69, 9.17) is 11.6 Å². The molecule has 1 aromatic heterocycles. The van der Waals surface area contributed by atoms with Crippen molar-refractivity contribution >= 4 is 28.3 Å². The number of rotatable bonds is 5. The van der Waals surface area contributed by atoms with Crippen LogP contribution in [0.15, 0.2) is 16.9 Å². The smallest absolute Gasteiger partial charge is 0.326 e. The average Bonchev–Trinajstić information content (AvgIpc) is 2.66. The van der Waals surface area contributed by atoms with Crippen LogP contribution in [0.3, 0.4) is 0 Å². The third kappa shape index (κ3) is 2.50. The number of aromatic amines is 1. The van der Waals surface area contributed by atoms with Crippen molar-refractivity contribution in [2.45, 2.75) is 26.7 Å². The maximum atomic E-state index is 11.8. The molecule has 0 saturated carbocycles. The zero-order valence-electron chi connectivity index (χ0n) is 11.7. The molecule has 2 aromatic rings. The van der Waals surface area contributed by atoms with E-state index in [1.165, 1.54) is 0 Å². The van der Waals surface area contributed by atoms with E-state index in [0.717, 1.165) is 42.7 Å². The van der Waals surface area contributed by atoms with Gasteiger partial charge in [-0.1, -0.05) is 25.4 Å². The third-order valence-corrected chi connectivity index (χ3v) is 3.59. The summed E-state index contributed by atoms with van der Waals surface area (Å²) in [5, 5.41) is 0.698. The third-order valence-electron chi connectivity index (χ3n) is 3.29. The van der Waals surface area contributed by atoms with E-state index < -0.39 is 0 Å². The minimum absolute atomic E-state index is 0.105. The van der Waals surface area contributed by atoms with Crippen molar-refractivity contribution in [2.24, 2.45) is 7.05 Å². The number of nitrogens with zero attached hydrogens (tertiary/aromatic N) is 2. The first kappa shape index (κ1) is 14.0. The van der Waals surface area contributed by atoms with E-state index >= 15 is 0 Å². The molecule has 4 nitrogen and oxygen atoms in total. The first-order valence-electron chi connectivity index (χ1n) is 6.72. The number of benzene rings is 1.